The number of hydrogen-bond donors (Lipinski definition) is 1. The predicted molar refractivity (Wildman–Crippen MR) is 105 cm³/mol. The molecule has 3 heterocycles. The van der Waals surface area contributed by atoms with E-state index in [4.69, 9.17) is 5.26 Å². The van der Waals surface area contributed by atoms with Crippen molar-refractivity contribution in [2.24, 2.45) is 0 Å². The number of nitrogens with zero attached hydrogens (tertiary/aromatic N) is 4. The van der Waals surface area contributed by atoms with E-state index in [0.29, 0.717) is 29.0 Å². The van der Waals surface area contributed by atoms with E-state index >= 15 is 0 Å². The Labute approximate surface area is 159 Å². The normalized spacial score (nSPS) is 10.7. The first-order valence-corrected chi connectivity index (χ1v) is 9.36. The average Bonchev–Trinajstić information content (AvgIpc) is 3.36. The Bertz CT molecular complexity index is 1170. The first kappa shape index (κ1) is 16.9. The van der Waals surface area contributed by atoms with Gasteiger partial charge in [0.1, 0.15) is 5.69 Å². The summed E-state index contributed by atoms with van der Waals surface area (Å²) in [5.41, 5.74) is 4.76. The van der Waals surface area contributed by atoms with E-state index in [1.807, 2.05) is 29.8 Å². The second-order valence-corrected chi connectivity index (χ2v) is 6.72. The van der Waals surface area contributed by atoms with Gasteiger partial charge in [-0.2, -0.15) is 21.7 Å². The number of nitrogens with one attached hydrogen (secondary N) is 1. The summed E-state index contributed by atoms with van der Waals surface area (Å²) in [6, 6.07) is 14.5. The van der Waals surface area contributed by atoms with Gasteiger partial charge >= 0.3 is 0 Å². The number of aromatic nitrogens is 3. The lowest BCUT2D eigenvalue weighted by molar-refractivity contribution is 0.102. The molecule has 132 valence electrons. The van der Waals surface area contributed by atoms with Crippen LogP contribution >= 0.6 is 11.3 Å². The highest BCUT2D eigenvalue weighted by Crippen LogP contribution is 2.23. The molecule has 0 aliphatic heterocycles. The van der Waals surface area contributed by atoms with Crippen molar-refractivity contribution in [1.82, 2.24) is 14.6 Å². The summed E-state index contributed by atoms with van der Waals surface area (Å²) in [4.78, 5) is 17.2. The topological polar surface area (TPSA) is 83.1 Å². The molecule has 1 aromatic carbocycles. The Morgan fingerprint density at radius 3 is 2.93 bits per heavy atom. The van der Waals surface area contributed by atoms with Gasteiger partial charge in [-0.3, -0.25) is 4.79 Å². The van der Waals surface area contributed by atoms with E-state index < -0.39 is 0 Å². The lowest BCUT2D eigenvalue weighted by atomic mass is 10.2. The van der Waals surface area contributed by atoms with E-state index in [0.717, 1.165) is 17.0 Å². The maximum Gasteiger partial charge on any atom is 0.274 e. The van der Waals surface area contributed by atoms with Gasteiger partial charge in [-0.25, -0.2) is 9.50 Å². The fraction of sp³-hybridized carbons (Fsp3) is 0.100. The molecule has 4 aromatic rings. The molecule has 6 nitrogen and oxygen atoms in total. The van der Waals surface area contributed by atoms with Crippen LogP contribution in [0.5, 0.6) is 0 Å². The van der Waals surface area contributed by atoms with Crippen LogP contribution in [0.1, 0.15) is 28.7 Å². The highest BCUT2D eigenvalue weighted by Gasteiger charge is 2.15. The van der Waals surface area contributed by atoms with Gasteiger partial charge < -0.3 is 5.32 Å². The Kier molecular flexibility index (Phi) is 4.40. The van der Waals surface area contributed by atoms with Crippen molar-refractivity contribution in [3.8, 4) is 17.3 Å². The maximum absolute atomic E-state index is 12.7. The zero-order chi connectivity index (χ0) is 18.8. The SMILES string of the molecule is CCc1cc(C(=O)Nc2cccc(C#N)c2)nc2cc(-c3ccsc3)nn12. The summed E-state index contributed by atoms with van der Waals surface area (Å²) in [6.45, 7) is 2.01. The molecule has 3 aromatic heterocycles. The van der Waals surface area contributed by atoms with Crippen molar-refractivity contribution < 1.29 is 4.79 Å². The quantitative estimate of drug-likeness (QED) is 0.583. The summed E-state index contributed by atoms with van der Waals surface area (Å²) in [6.07, 6.45) is 0.716. The molecule has 0 spiro atoms. The average molecular weight is 373 g/mol. The number of amides is 1. The van der Waals surface area contributed by atoms with Gasteiger partial charge in [0, 0.05) is 28.4 Å². The summed E-state index contributed by atoms with van der Waals surface area (Å²) >= 11 is 1.61. The molecule has 4 rings (SSSR count). The van der Waals surface area contributed by atoms with Crippen molar-refractivity contribution in [3.05, 3.63) is 70.2 Å². The van der Waals surface area contributed by atoms with Gasteiger partial charge in [-0.1, -0.05) is 13.0 Å². The van der Waals surface area contributed by atoms with Gasteiger partial charge in [0.15, 0.2) is 5.65 Å². The summed E-state index contributed by atoms with van der Waals surface area (Å²) in [7, 11) is 0. The molecule has 0 radical (unpaired) electrons. The van der Waals surface area contributed by atoms with Crippen LogP contribution in [0.4, 0.5) is 5.69 Å². The van der Waals surface area contributed by atoms with Crippen molar-refractivity contribution in [2.45, 2.75) is 13.3 Å². The number of carbonyl (C=O) groups excluding carboxylic acids is 1. The first-order chi connectivity index (χ1) is 13.2. The Balaban J connectivity index is 1.71. The molecule has 0 saturated carbocycles. The lowest BCUT2D eigenvalue weighted by Gasteiger charge is -2.08. The van der Waals surface area contributed by atoms with Crippen molar-refractivity contribution in [3.63, 3.8) is 0 Å². The molecule has 27 heavy (non-hydrogen) atoms. The van der Waals surface area contributed by atoms with Crippen LogP contribution in [-0.4, -0.2) is 20.5 Å². The molecule has 0 fully saturated rings. The number of rotatable bonds is 4. The van der Waals surface area contributed by atoms with E-state index in [1.165, 1.54) is 0 Å². The Morgan fingerprint density at radius 1 is 1.30 bits per heavy atom. The molecule has 1 amide bonds. The number of hydrogen-bond acceptors (Lipinski definition) is 5. The third kappa shape index (κ3) is 3.30. The van der Waals surface area contributed by atoms with E-state index in [2.05, 4.69) is 21.5 Å². The number of thiophene rings is 1. The van der Waals surface area contributed by atoms with E-state index in [1.54, 1.807) is 46.2 Å². The molecule has 0 unspecified atom stereocenters. The molecular formula is C20H15N5OS. The summed E-state index contributed by atoms with van der Waals surface area (Å²) in [5, 5.41) is 20.5. The molecule has 0 aliphatic rings. The van der Waals surface area contributed by atoms with Crippen LogP contribution in [0.3, 0.4) is 0 Å². The van der Waals surface area contributed by atoms with Gasteiger partial charge in [0.2, 0.25) is 0 Å². The molecule has 0 aliphatic carbocycles. The number of carbonyl (C=O) groups is 1. The highest BCUT2D eigenvalue weighted by molar-refractivity contribution is 7.08. The van der Waals surface area contributed by atoms with E-state index in [9.17, 15) is 4.79 Å². The fourth-order valence-electron chi connectivity index (χ4n) is 2.82. The third-order valence-electron chi connectivity index (χ3n) is 4.16. The number of benzene rings is 1. The van der Waals surface area contributed by atoms with E-state index in [-0.39, 0.29) is 5.91 Å². The smallest absolute Gasteiger partial charge is 0.274 e. The second kappa shape index (κ2) is 7.02. The minimum Gasteiger partial charge on any atom is -0.321 e. The predicted octanol–water partition coefficient (Wildman–Crippen LogP) is 4.14. The number of fused-ring (bicyclic) bond motifs is 1. The van der Waals surface area contributed by atoms with Crippen LogP contribution in [0.25, 0.3) is 16.9 Å². The zero-order valence-corrected chi connectivity index (χ0v) is 15.3. The molecule has 0 saturated heterocycles. The third-order valence-corrected chi connectivity index (χ3v) is 4.85. The molecule has 0 bridgehead atoms. The summed E-state index contributed by atoms with van der Waals surface area (Å²) < 4.78 is 1.78. The largest absolute Gasteiger partial charge is 0.321 e. The van der Waals surface area contributed by atoms with Gasteiger partial charge in [-0.15, -0.1) is 0 Å². The van der Waals surface area contributed by atoms with Crippen molar-refractivity contribution in [2.75, 3.05) is 5.32 Å². The summed E-state index contributed by atoms with van der Waals surface area (Å²) in [5.74, 6) is -0.319. The molecular weight excluding hydrogens is 358 g/mol. The standard InChI is InChI=1S/C20H15N5OS/c1-2-16-9-18(20(26)22-15-5-3-4-13(8-15)11-21)23-19-10-17(24-25(16)19)14-6-7-27-12-14/h3-10,12H,2H2,1H3,(H,22,26). The van der Waals surface area contributed by atoms with Gasteiger partial charge in [-0.05, 0) is 42.1 Å². The van der Waals surface area contributed by atoms with Crippen LogP contribution < -0.4 is 5.32 Å². The number of nitriles is 1. The fourth-order valence-corrected chi connectivity index (χ4v) is 3.47. The monoisotopic (exact) mass is 373 g/mol. The van der Waals surface area contributed by atoms with Crippen molar-refractivity contribution >= 4 is 28.6 Å². The number of aryl methyl sites for hydroxylation is 1. The minimum atomic E-state index is -0.319. The zero-order valence-electron chi connectivity index (χ0n) is 14.5. The Hall–Kier alpha value is -3.50. The lowest BCUT2D eigenvalue weighted by Crippen LogP contribution is -2.15. The van der Waals surface area contributed by atoms with Crippen molar-refractivity contribution in [1.29, 1.82) is 5.26 Å². The molecule has 1 N–H and O–H groups in total. The molecule has 7 heteroatoms. The second-order valence-electron chi connectivity index (χ2n) is 5.94. The molecule has 0 atom stereocenters. The number of anilines is 1. The van der Waals surface area contributed by atoms with Crippen LogP contribution in [-0.2, 0) is 6.42 Å². The highest BCUT2D eigenvalue weighted by atomic mass is 32.1. The maximum atomic E-state index is 12.7. The van der Waals surface area contributed by atoms with Crippen LogP contribution in [0.2, 0.25) is 0 Å². The first-order valence-electron chi connectivity index (χ1n) is 8.41. The van der Waals surface area contributed by atoms with Gasteiger partial charge in [0.05, 0.1) is 17.3 Å². The van der Waals surface area contributed by atoms with Crippen LogP contribution in [0, 0.1) is 11.3 Å². The van der Waals surface area contributed by atoms with Crippen LogP contribution in [0.15, 0.2) is 53.2 Å². The Morgan fingerprint density at radius 2 is 2.19 bits per heavy atom. The minimum absolute atomic E-state index is 0.318. The van der Waals surface area contributed by atoms with Gasteiger partial charge in [0.25, 0.3) is 5.91 Å².